The smallest absolute Gasteiger partial charge is 0.254 e. The van der Waals surface area contributed by atoms with Gasteiger partial charge in [0.1, 0.15) is 0 Å². The maximum Gasteiger partial charge on any atom is 0.254 e. The Labute approximate surface area is 126 Å². The first-order valence-corrected chi connectivity index (χ1v) is 7.72. The van der Waals surface area contributed by atoms with Gasteiger partial charge in [-0.1, -0.05) is 49.4 Å². The van der Waals surface area contributed by atoms with Crippen molar-refractivity contribution in [3.63, 3.8) is 0 Å². The molecular formula is C19H21NO. The van der Waals surface area contributed by atoms with Gasteiger partial charge >= 0.3 is 0 Å². The molecule has 1 amide bonds. The lowest BCUT2D eigenvalue weighted by molar-refractivity contribution is 0.0685. The number of rotatable bonds is 4. The standard InChI is InChI=1S/C19H21NO/c1-2-12-20(19(21)15-8-4-3-5-9-15)18-13-16-10-6-7-11-17(16)14-18/h3-11,18H,2,12-14H2,1H3. The molecule has 108 valence electrons. The van der Waals surface area contributed by atoms with Crippen molar-refractivity contribution in [2.75, 3.05) is 6.54 Å². The summed E-state index contributed by atoms with van der Waals surface area (Å²) in [6, 6.07) is 18.5. The van der Waals surface area contributed by atoms with Crippen molar-refractivity contribution >= 4 is 5.91 Å². The molecule has 2 nitrogen and oxygen atoms in total. The molecule has 0 N–H and O–H groups in total. The number of benzene rings is 2. The van der Waals surface area contributed by atoms with Crippen LogP contribution in [-0.2, 0) is 12.8 Å². The number of nitrogens with zero attached hydrogens (tertiary/aromatic N) is 1. The quantitative estimate of drug-likeness (QED) is 0.835. The van der Waals surface area contributed by atoms with Crippen LogP contribution < -0.4 is 0 Å². The maximum atomic E-state index is 12.8. The van der Waals surface area contributed by atoms with E-state index in [9.17, 15) is 4.79 Å². The highest BCUT2D eigenvalue weighted by Crippen LogP contribution is 2.26. The number of carbonyl (C=O) groups excluding carboxylic acids is 1. The van der Waals surface area contributed by atoms with Crippen LogP contribution in [-0.4, -0.2) is 23.4 Å². The molecule has 0 atom stereocenters. The van der Waals surface area contributed by atoms with Gasteiger partial charge in [-0.3, -0.25) is 4.79 Å². The van der Waals surface area contributed by atoms with E-state index in [0.29, 0.717) is 6.04 Å². The summed E-state index contributed by atoms with van der Waals surface area (Å²) in [6.07, 6.45) is 2.95. The molecule has 0 aliphatic heterocycles. The Morgan fingerprint density at radius 3 is 2.14 bits per heavy atom. The largest absolute Gasteiger partial charge is 0.335 e. The molecule has 0 fully saturated rings. The van der Waals surface area contributed by atoms with Crippen LogP contribution in [0.2, 0.25) is 0 Å². The zero-order chi connectivity index (χ0) is 14.7. The van der Waals surface area contributed by atoms with E-state index in [-0.39, 0.29) is 5.91 Å². The van der Waals surface area contributed by atoms with E-state index in [0.717, 1.165) is 31.4 Å². The van der Waals surface area contributed by atoms with Gasteiger partial charge in [0.05, 0.1) is 0 Å². The average Bonchev–Trinajstić information content (AvgIpc) is 2.96. The van der Waals surface area contributed by atoms with E-state index in [1.807, 2.05) is 30.3 Å². The zero-order valence-corrected chi connectivity index (χ0v) is 12.5. The fourth-order valence-corrected chi connectivity index (χ4v) is 3.19. The van der Waals surface area contributed by atoms with Crippen molar-refractivity contribution in [3.8, 4) is 0 Å². The van der Waals surface area contributed by atoms with Crippen LogP contribution in [0.5, 0.6) is 0 Å². The Kier molecular flexibility index (Phi) is 4.05. The third-order valence-electron chi connectivity index (χ3n) is 4.22. The van der Waals surface area contributed by atoms with Gasteiger partial charge in [-0.05, 0) is 42.5 Å². The van der Waals surface area contributed by atoms with Crippen molar-refractivity contribution in [1.82, 2.24) is 4.90 Å². The molecular weight excluding hydrogens is 258 g/mol. The molecule has 0 spiro atoms. The van der Waals surface area contributed by atoms with E-state index in [1.54, 1.807) is 0 Å². The Morgan fingerprint density at radius 1 is 1.00 bits per heavy atom. The minimum Gasteiger partial charge on any atom is -0.335 e. The predicted molar refractivity (Wildman–Crippen MR) is 85.4 cm³/mol. The van der Waals surface area contributed by atoms with Gasteiger partial charge in [0.2, 0.25) is 0 Å². The van der Waals surface area contributed by atoms with E-state index >= 15 is 0 Å². The lowest BCUT2D eigenvalue weighted by Crippen LogP contribution is -2.41. The summed E-state index contributed by atoms with van der Waals surface area (Å²) in [5.74, 6) is 0.162. The van der Waals surface area contributed by atoms with Crippen molar-refractivity contribution < 1.29 is 4.79 Å². The maximum absolute atomic E-state index is 12.8. The van der Waals surface area contributed by atoms with Gasteiger partial charge < -0.3 is 4.90 Å². The highest BCUT2D eigenvalue weighted by atomic mass is 16.2. The second-order valence-corrected chi connectivity index (χ2v) is 5.70. The van der Waals surface area contributed by atoms with Gasteiger partial charge in [0.25, 0.3) is 5.91 Å². The summed E-state index contributed by atoms with van der Waals surface area (Å²) in [6.45, 7) is 2.96. The van der Waals surface area contributed by atoms with Crippen LogP contribution in [0.25, 0.3) is 0 Å². The van der Waals surface area contributed by atoms with E-state index < -0.39 is 0 Å². The topological polar surface area (TPSA) is 20.3 Å². The normalized spacial score (nSPS) is 14.0. The Hall–Kier alpha value is -2.09. The second kappa shape index (κ2) is 6.13. The molecule has 1 aliphatic rings. The minimum atomic E-state index is 0.162. The molecule has 2 aromatic rings. The summed E-state index contributed by atoms with van der Waals surface area (Å²) in [5.41, 5.74) is 3.58. The molecule has 21 heavy (non-hydrogen) atoms. The van der Waals surface area contributed by atoms with Gasteiger partial charge in [0, 0.05) is 18.2 Å². The molecule has 2 heteroatoms. The minimum absolute atomic E-state index is 0.162. The van der Waals surface area contributed by atoms with Gasteiger partial charge in [-0.25, -0.2) is 0 Å². The number of carbonyl (C=O) groups is 1. The summed E-state index contributed by atoms with van der Waals surface area (Å²) >= 11 is 0. The number of amides is 1. The summed E-state index contributed by atoms with van der Waals surface area (Å²) in [4.78, 5) is 14.9. The molecule has 1 aliphatic carbocycles. The van der Waals surface area contributed by atoms with Crippen LogP contribution in [0.15, 0.2) is 54.6 Å². The third kappa shape index (κ3) is 2.85. The predicted octanol–water partition coefficient (Wildman–Crippen LogP) is 3.71. The van der Waals surface area contributed by atoms with Gasteiger partial charge in [-0.2, -0.15) is 0 Å². The van der Waals surface area contributed by atoms with Crippen LogP contribution in [0.3, 0.4) is 0 Å². The van der Waals surface area contributed by atoms with E-state index in [4.69, 9.17) is 0 Å². The van der Waals surface area contributed by atoms with Crippen LogP contribution in [0.1, 0.15) is 34.8 Å². The zero-order valence-electron chi connectivity index (χ0n) is 12.5. The molecule has 3 rings (SSSR count). The number of hydrogen-bond donors (Lipinski definition) is 0. The highest BCUT2D eigenvalue weighted by molar-refractivity contribution is 5.94. The number of hydrogen-bond acceptors (Lipinski definition) is 1. The van der Waals surface area contributed by atoms with Crippen LogP contribution in [0.4, 0.5) is 0 Å². The molecule has 0 saturated carbocycles. The van der Waals surface area contributed by atoms with Gasteiger partial charge in [-0.15, -0.1) is 0 Å². The fraction of sp³-hybridized carbons (Fsp3) is 0.316. The number of fused-ring (bicyclic) bond motifs is 1. The van der Waals surface area contributed by atoms with Crippen LogP contribution >= 0.6 is 0 Å². The molecule has 2 aromatic carbocycles. The molecule has 0 radical (unpaired) electrons. The van der Waals surface area contributed by atoms with E-state index in [2.05, 4.69) is 36.1 Å². The lowest BCUT2D eigenvalue weighted by atomic mass is 10.1. The lowest BCUT2D eigenvalue weighted by Gasteiger charge is -2.29. The summed E-state index contributed by atoms with van der Waals surface area (Å²) < 4.78 is 0. The second-order valence-electron chi connectivity index (χ2n) is 5.70. The first-order chi connectivity index (χ1) is 10.3. The first kappa shape index (κ1) is 13.9. The Balaban J connectivity index is 1.82. The van der Waals surface area contributed by atoms with Crippen molar-refractivity contribution in [2.24, 2.45) is 0 Å². The average molecular weight is 279 g/mol. The SMILES string of the molecule is CCCN(C(=O)c1ccccc1)C1Cc2ccccc2C1. The monoisotopic (exact) mass is 279 g/mol. The van der Waals surface area contributed by atoms with Crippen molar-refractivity contribution in [3.05, 3.63) is 71.3 Å². The molecule has 0 heterocycles. The highest BCUT2D eigenvalue weighted by Gasteiger charge is 2.29. The molecule has 0 bridgehead atoms. The third-order valence-corrected chi connectivity index (χ3v) is 4.22. The van der Waals surface area contributed by atoms with Crippen LogP contribution in [0, 0.1) is 0 Å². The Bertz CT molecular complexity index is 595. The summed E-state index contributed by atoms with van der Waals surface area (Å²) in [7, 11) is 0. The van der Waals surface area contributed by atoms with Gasteiger partial charge in [0.15, 0.2) is 0 Å². The Morgan fingerprint density at radius 2 is 1.57 bits per heavy atom. The first-order valence-electron chi connectivity index (χ1n) is 7.72. The van der Waals surface area contributed by atoms with Crippen molar-refractivity contribution in [2.45, 2.75) is 32.2 Å². The van der Waals surface area contributed by atoms with Crippen molar-refractivity contribution in [1.29, 1.82) is 0 Å². The molecule has 0 aromatic heterocycles. The molecule has 0 unspecified atom stereocenters. The molecule has 0 saturated heterocycles. The fourth-order valence-electron chi connectivity index (χ4n) is 3.19. The van der Waals surface area contributed by atoms with E-state index in [1.165, 1.54) is 11.1 Å². The summed E-state index contributed by atoms with van der Waals surface area (Å²) in [5, 5.41) is 0.